The van der Waals surface area contributed by atoms with Gasteiger partial charge in [0.15, 0.2) is 11.6 Å². The van der Waals surface area contributed by atoms with Crippen molar-refractivity contribution in [2.45, 2.75) is 18.4 Å². The molecule has 0 amide bonds. The molecule has 0 radical (unpaired) electrons. The molecule has 1 aliphatic rings. The maximum Gasteiger partial charge on any atom is 0.170 e. The number of hydrogen-bond acceptors (Lipinski definition) is 2. The Balaban J connectivity index is 2.05. The Morgan fingerprint density at radius 2 is 1.68 bits per heavy atom. The summed E-state index contributed by atoms with van der Waals surface area (Å²) in [6.07, 6.45) is 1.32. The van der Waals surface area contributed by atoms with Crippen LogP contribution in [0.15, 0.2) is 42.5 Å². The maximum atomic E-state index is 14.4. The van der Waals surface area contributed by atoms with Gasteiger partial charge in [-0.1, -0.05) is 36.4 Å². The Kier molecular flexibility index (Phi) is 2.79. The van der Waals surface area contributed by atoms with E-state index in [2.05, 4.69) is 12.1 Å². The van der Waals surface area contributed by atoms with E-state index in [9.17, 15) is 4.39 Å². The summed E-state index contributed by atoms with van der Waals surface area (Å²) >= 11 is 0. The average molecular weight is 257 g/mol. The zero-order chi connectivity index (χ0) is 13.5. The highest BCUT2D eigenvalue weighted by Gasteiger charge is 2.37. The summed E-state index contributed by atoms with van der Waals surface area (Å²) in [7, 11) is 1.47. The second kappa shape index (κ2) is 4.35. The number of ether oxygens (including phenoxy) is 1. The molecule has 0 unspecified atom stereocenters. The van der Waals surface area contributed by atoms with Crippen LogP contribution in [0, 0.1) is 5.82 Å². The molecule has 2 aromatic rings. The molecule has 0 saturated carbocycles. The molecule has 0 saturated heterocycles. The molecular formula is C16H16FNO. The second-order valence-electron chi connectivity index (χ2n) is 5.10. The van der Waals surface area contributed by atoms with E-state index in [0.29, 0.717) is 18.4 Å². The van der Waals surface area contributed by atoms with Crippen LogP contribution in [0.5, 0.6) is 5.75 Å². The smallest absolute Gasteiger partial charge is 0.170 e. The van der Waals surface area contributed by atoms with Crippen molar-refractivity contribution in [1.82, 2.24) is 0 Å². The van der Waals surface area contributed by atoms with Crippen molar-refractivity contribution in [3.8, 4) is 5.75 Å². The molecule has 3 rings (SSSR count). The van der Waals surface area contributed by atoms with E-state index in [4.69, 9.17) is 10.5 Å². The van der Waals surface area contributed by atoms with Crippen molar-refractivity contribution in [2.24, 2.45) is 5.73 Å². The second-order valence-corrected chi connectivity index (χ2v) is 5.10. The monoisotopic (exact) mass is 257 g/mol. The molecule has 0 fully saturated rings. The first-order valence-electron chi connectivity index (χ1n) is 6.33. The normalized spacial score (nSPS) is 16.2. The van der Waals surface area contributed by atoms with Crippen molar-refractivity contribution in [3.63, 3.8) is 0 Å². The van der Waals surface area contributed by atoms with Gasteiger partial charge in [0.25, 0.3) is 0 Å². The Morgan fingerprint density at radius 3 is 2.26 bits per heavy atom. The minimum atomic E-state index is -0.678. The number of benzene rings is 2. The molecular weight excluding hydrogens is 241 g/mol. The molecule has 0 aliphatic heterocycles. The van der Waals surface area contributed by atoms with Gasteiger partial charge in [0.1, 0.15) is 0 Å². The molecule has 0 atom stereocenters. The summed E-state index contributed by atoms with van der Waals surface area (Å²) in [5, 5.41) is 0. The van der Waals surface area contributed by atoms with Crippen LogP contribution in [0.4, 0.5) is 4.39 Å². The molecule has 0 aromatic heterocycles. The third-order valence-electron chi connectivity index (χ3n) is 3.85. The van der Waals surface area contributed by atoms with Crippen LogP contribution < -0.4 is 10.5 Å². The van der Waals surface area contributed by atoms with Crippen LogP contribution in [-0.4, -0.2) is 7.11 Å². The van der Waals surface area contributed by atoms with E-state index in [1.807, 2.05) is 12.1 Å². The fraction of sp³-hybridized carbons (Fsp3) is 0.250. The summed E-state index contributed by atoms with van der Waals surface area (Å²) in [4.78, 5) is 0. The van der Waals surface area contributed by atoms with Crippen molar-refractivity contribution < 1.29 is 9.13 Å². The zero-order valence-electron chi connectivity index (χ0n) is 10.8. The van der Waals surface area contributed by atoms with Gasteiger partial charge in [-0.3, -0.25) is 0 Å². The molecule has 1 aliphatic carbocycles. The number of nitrogens with two attached hydrogens (primary N) is 1. The molecule has 2 aromatic carbocycles. The van der Waals surface area contributed by atoms with E-state index in [0.717, 1.165) is 0 Å². The van der Waals surface area contributed by atoms with Crippen LogP contribution in [0.3, 0.4) is 0 Å². The van der Waals surface area contributed by atoms with Crippen LogP contribution >= 0.6 is 0 Å². The Hall–Kier alpha value is -1.87. The summed E-state index contributed by atoms with van der Waals surface area (Å²) in [5.41, 5.74) is 8.71. The largest absolute Gasteiger partial charge is 0.494 e. The topological polar surface area (TPSA) is 35.2 Å². The van der Waals surface area contributed by atoms with Crippen LogP contribution in [0.25, 0.3) is 0 Å². The summed E-state index contributed by atoms with van der Waals surface area (Å²) in [5.74, 6) is -0.0985. The number of hydrogen-bond donors (Lipinski definition) is 1. The summed E-state index contributed by atoms with van der Waals surface area (Å²) < 4.78 is 19.4. The van der Waals surface area contributed by atoms with Gasteiger partial charge in [-0.05, 0) is 30.0 Å². The summed E-state index contributed by atoms with van der Waals surface area (Å²) in [6.45, 7) is 0. The minimum absolute atomic E-state index is 0.248. The molecule has 0 bridgehead atoms. The first-order chi connectivity index (χ1) is 9.14. The number of halogens is 1. The highest BCUT2D eigenvalue weighted by Crippen LogP contribution is 2.38. The van der Waals surface area contributed by atoms with E-state index in [1.54, 1.807) is 18.2 Å². The highest BCUT2D eigenvalue weighted by molar-refractivity contribution is 5.44. The van der Waals surface area contributed by atoms with Gasteiger partial charge in [0.2, 0.25) is 0 Å². The molecule has 3 heteroatoms. The lowest BCUT2D eigenvalue weighted by Gasteiger charge is -2.25. The van der Waals surface area contributed by atoms with Crippen LogP contribution in [-0.2, 0) is 18.4 Å². The minimum Gasteiger partial charge on any atom is -0.494 e. The predicted octanol–water partition coefficient (Wildman–Crippen LogP) is 2.79. The van der Waals surface area contributed by atoms with Crippen LogP contribution in [0.1, 0.15) is 16.7 Å². The van der Waals surface area contributed by atoms with Gasteiger partial charge in [0.05, 0.1) is 12.6 Å². The van der Waals surface area contributed by atoms with Crippen LogP contribution in [0.2, 0.25) is 0 Å². The molecule has 0 spiro atoms. The quantitative estimate of drug-likeness (QED) is 0.898. The number of rotatable bonds is 2. The molecule has 98 valence electrons. The maximum absolute atomic E-state index is 14.4. The van der Waals surface area contributed by atoms with E-state index in [1.165, 1.54) is 18.2 Å². The number of fused-ring (bicyclic) bond motifs is 1. The van der Waals surface area contributed by atoms with Gasteiger partial charge in [-0.15, -0.1) is 0 Å². The first kappa shape index (κ1) is 12.2. The Morgan fingerprint density at radius 1 is 1.05 bits per heavy atom. The average Bonchev–Trinajstić information content (AvgIpc) is 2.76. The third kappa shape index (κ3) is 1.90. The van der Waals surface area contributed by atoms with Crippen molar-refractivity contribution in [2.75, 3.05) is 7.11 Å². The van der Waals surface area contributed by atoms with Crippen molar-refractivity contribution in [1.29, 1.82) is 0 Å². The van der Waals surface area contributed by atoms with Gasteiger partial charge < -0.3 is 10.5 Å². The van der Waals surface area contributed by atoms with E-state index in [-0.39, 0.29) is 11.6 Å². The van der Waals surface area contributed by atoms with Gasteiger partial charge >= 0.3 is 0 Å². The van der Waals surface area contributed by atoms with E-state index < -0.39 is 5.54 Å². The standard InChI is InChI=1S/C16H16FNO/c1-19-14-8-4-7-13(15(14)17)16(18)9-11-5-2-3-6-12(11)10-16/h2-8H,9-10,18H2,1H3. The van der Waals surface area contributed by atoms with Gasteiger partial charge in [0, 0.05) is 5.56 Å². The lowest BCUT2D eigenvalue weighted by Crippen LogP contribution is -2.38. The third-order valence-corrected chi connectivity index (χ3v) is 3.85. The van der Waals surface area contributed by atoms with Crippen molar-refractivity contribution in [3.05, 3.63) is 65.0 Å². The highest BCUT2D eigenvalue weighted by atomic mass is 19.1. The Bertz CT molecular complexity index is 599. The van der Waals surface area contributed by atoms with Crippen molar-refractivity contribution >= 4 is 0 Å². The summed E-state index contributed by atoms with van der Waals surface area (Å²) in [6, 6.07) is 13.3. The molecule has 0 heterocycles. The fourth-order valence-corrected chi connectivity index (χ4v) is 2.89. The lowest BCUT2D eigenvalue weighted by atomic mass is 9.87. The molecule has 19 heavy (non-hydrogen) atoms. The van der Waals surface area contributed by atoms with Gasteiger partial charge in [-0.2, -0.15) is 0 Å². The SMILES string of the molecule is COc1cccc(C2(N)Cc3ccccc3C2)c1F. The molecule has 2 N–H and O–H groups in total. The van der Waals surface area contributed by atoms with E-state index >= 15 is 0 Å². The molecule has 2 nitrogen and oxygen atoms in total. The zero-order valence-corrected chi connectivity index (χ0v) is 10.8. The van der Waals surface area contributed by atoms with Gasteiger partial charge in [-0.25, -0.2) is 4.39 Å². The predicted molar refractivity (Wildman–Crippen MR) is 72.7 cm³/mol. The lowest BCUT2D eigenvalue weighted by molar-refractivity contribution is 0.370. The first-order valence-corrected chi connectivity index (χ1v) is 6.33. The number of methoxy groups -OCH3 is 1. The fourth-order valence-electron chi connectivity index (χ4n) is 2.89. The Labute approximate surface area is 112 Å².